The van der Waals surface area contributed by atoms with Crippen molar-refractivity contribution in [2.45, 2.75) is 18.6 Å². The fourth-order valence-electron chi connectivity index (χ4n) is 1.08. The van der Waals surface area contributed by atoms with E-state index in [1.54, 1.807) is 0 Å². The van der Waals surface area contributed by atoms with Crippen LogP contribution in [0.1, 0.15) is 12.8 Å². The van der Waals surface area contributed by atoms with Crippen LogP contribution in [0.3, 0.4) is 0 Å². The Balaban J connectivity index is 2.69. The van der Waals surface area contributed by atoms with E-state index in [0.29, 0.717) is 25.9 Å². The molecule has 0 aromatic heterocycles. The van der Waals surface area contributed by atoms with E-state index in [0.717, 1.165) is 0 Å². The molecule has 1 aliphatic heterocycles. The Hall–Kier alpha value is -1.10. The van der Waals surface area contributed by atoms with Crippen molar-refractivity contribution in [2.75, 3.05) is 6.61 Å². The lowest BCUT2D eigenvalue weighted by Crippen LogP contribution is -2.50. The minimum atomic E-state index is -1.46. The van der Waals surface area contributed by atoms with E-state index in [9.17, 15) is 9.59 Å². The molecule has 0 radical (unpaired) electrons. The van der Waals surface area contributed by atoms with Crippen molar-refractivity contribution < 1.29 is 19.4 Å². The molecular weight excluding hydrogens is 150 g/mol. The Morgan fingerprint density at radius 1 is 1.73 bits per heavy atom. The van der Waals surface area contributed by atoms with E-state index in [-0.39, 0.29) is 0 Å². The predicted molar refractivity (Wildman–Crippen MR) is 34.8 cm³/mol. The van der Waals surface area contributed by atoms with Gasteiger partial charge < -0.3 is 15.2 Å². The molecule has 1 unspecified atom stereocenters. The molecule has 11 heavy (non-hydrogen) atoms. The Kier molecular flexibility index (Phi) is 2.09. The van der Waals surface area contributed by atoms with Gasteiger partial charge in [-0.25, -0.2) is 4.79 Å². The number of carboxylic acid groups (broad SMARTS) is 1. The normalized spacial score (nSPS) is 29.8. The maximum atomic E-state index is 10.6. The first-order valence-electron chi connectivity index (χ1n) is 3.30. The topological polar surface area (TPSA) is 75.6 Å². The highest BCUT2D eigenvalue weighted by atomic mass is 16.5. The minimum Gasteiger partial charge on any atom is -0.478 e. The van der Waals surface area contributed by atoms with Crippen LogP contribution in [0.25, 0.3) is 0 Å². The van der Waals surface area contributed by atoms with Crippen LogP contribution in [0.5, 0.6) is 0 Å². The van der Waals surface area contributed by atoms with Gasteiger partial charge in [0.15, 0.2) is 0 Å². The standard InChI is InChI=1S/C6H9NO4/c8-4-7-6(5(9)10)2-1-3-11-6/h4H,1-3H2,(H,7,8)(H,9,10). The highest BCUT2D eigenvalue weighted by Crippen LogP contribution is 2.22. The molecule has 5 nitrogen and oxygen atoms in total. The molecular formula is C6H9NO4. The molecule has 0 saturated carbocycles. The molecule has 1 rings (SSSR count). The number of ether oxygens (including phenoxy) is 1. The van der Waals surface area contributed by atoms with E-state index in [1.165, 1.54) is 0 Å². The van der Waals surface area contributed by atoms with Crippen LogP contribution in [0.15, 0.2) is 0 Å². The third-order valence-corrected chi connectivity index (χ3v) is 1.66. The molecule has 0 aromatic rings. The van der Waals surface area contributed by atoms with Crippen molar-refractivity contribution in [3.05, 3.63) is 0 Å². The summed E-state index contributed by atoms with van der Waals surface area (Å²) in [7, 11) is 0. The summed E-state index contributed by atoms with van der Waals surface area (Å²) in [6.07, 6.45) is 1.34. The monoisotopic (exact) mass is 159 g/mol. The Labute approximate surface area is 63.3 Å². The highest BCUT2D eigenvalue weighted by molar-refractivity contribution is 5.79. The smallest absolute Gasteiger partial charge is 0.357 e. The van der Waals surface area contributed by atoms with Gasteiger partial charge >= 0.3 is 5.97 Å². The first-order chi connectivity index (χ1) is 5.21. The van der Waals surface area contributed by atoms with Crippen molar-refractivity contribution in [1.29, 1.82) is 0 Å². The van der Waals surface area contributed by atoms with Crippen LogP contribution >= 0.6 is 0 Å². The number of rotatable bonds is 3. The van der Waals surface area contributed by atoms with E-state index >= 15 is 0 Å². The van der Waals surface area contributed by atoms with Gasteiger partial charge in [-0.3, -0.25) is 4.79 Å². The van der Waals surface area contributed by atoms with Gasteiger partial charge in [0.05, 0.1) is 6.61 Å². The van der Waals surface area contributed by atoms with Gasteiger partial charge in [-0.1, -0.05) is 0 Å². The lowest BCUT2D eigenvalue weighted by atomic mass is 10.1. The highest BCUT2D eigenvalue weighted by Gasteiger charge is 2.42. The maximum absolute atomic E-state index is 10.6. The van der Waals surface area contributed by atoms with E-state index < -0.39 is 11.7 Å². The zero-order valence-corrected chi connectivity index (χ0v) is 5.87. The fraction of sp³-hybridized carbons (Fsp3) is 0.667. The number of carbonyl (C=O) groups is 2. The molecule has 1 fully saturated rings. The summed E-state index contributed by atoms with van der Waals surface area (Å²) in [6, 6.07) is 0. The van der Waals surface area contributed by atoms with Gasteiger partial charge in [-0.2, -0.15) is 0 Å². The van der Waals surface area contributed by atoms with Gasteiger partial charge in [-0.15, -0.1) is 0 Å². The Morgan fingerprint density at radius 3 is 2.82 bits per heavy atom. The maximum Gasteiger partial charge on any atom is 0.357 e. The van der Waals surface area contributed by atoms with Crippen LogP contribution in [-0.2, 0) is 14.3 Å². The van der Waals surface area contributed by atoms with Crippen LogP contribution < -0.4 is 5.32 Å². The van der Waals surface area contributed by atoms with E-state index in [1.807, 2.05) is 0 Å². The summed E-state index contributed by atoms with van der Waals surface area (Å²) in [5, 5.41) is 10.8. The third kappa shape index (κ3) is 1.32. The zero-order chi connectivity index (χ0) is 8.32. The van der Waals surface area contributed by atoms with Crippen molar-refractivity contribution in [3.63, 3.8) is 0 Å². The molecule has 0 bridgehead atoms. The second-order valence-electron chi connectivity index (χ2n) is 2.35. The quantitative estimate of drug-likeness (QED) is 0.535. The van der Waals surface area contributed by atoms with Gasteiger partial charge in [0.2, 0.25) is 12.1 Å². The van der Waals surface area contributed by atoms with E-state index in [4.69, 9.17) is 9.84 Å². The van der Waals surface area contributed by atoms with Crippen molar-refractivity contribution in [1.82, 2.24) is 5.32 Å². The largest absolute Gasteiger partial charge is 0.478 e. The summed E-state index contributed by atoms with van der Waals surface area (Å²) in [5.41, 5.74) is -1.46. The Morgan fingerprint density at radius 2 is 2.45 bits per heavy atom. The Bertz CT molecular complexity index is 173. The average molecular weight is 159 g/mol. The number of hydrogen-bond acceptors (Lipinski definition) is 3. The SMILES string of the molecule is O=CNC1(C(=O)O)CCCO1. The number of aliphatic carboxylic acids is 1. The third-order valence-electron chi connectivity index (χ3n) is 1.66. The fourth-order valence-corrected chi connectivity index (χ4v) is 1.08. The molecule has 1 atom stereocenters. The molecule has 5 heteroatoms. The number of carbonyl (C=O) groups excluding carboxylic acids is 1. The summed E-state index contributed by atoms with van der Waals surface area (Å²) in [5.74, 6) is -1.14. The van der Waals surface area contributed by atoms with Crippen molar-refractivity contribution >= 4 is 12.4 Å². The molecule has 0 spiro atoms. The lowest BCUT2D eigenvalue weighted by Gasteiger charge is -2.21. The first kappa shape index (κ1) is 8.00. The molecule has 1 amide bonds. The first-order valence-corrected chi connectivity index (χ1v) is 3.30. The second kappa shape index (κ2) is 2.87. The van der Waals surface area contributed by atoms with E-state index in [2.05, 4.69) is 5.32 Å². The van der Waals surface area contributed by atoms with Gasteiger partial charge in [0.1, 0.15) is 0 Å². The molecule has 1 saturated heterocycles. The summed E-state index contributed by atoms with van der Waals surface area (Å²) in [4.78, 5) is 20.6. The molecule has 0 aromatic carbocycles. The second-order valence-corrected chi connectivity index (χ2v) is 2.35. The molecule has 62 valence electrons. The minimum absolute atomic E-state index is 0.334. The molecule has 1 aliphatic rings. The van der Waals surface area contributed by atoms with Crippen LogP contribution in [0, 0.1) is 0 Å². The van der Waals surface area contributed by atoms with Crippen molar-refractivity contribution in [3.8, 4) is 0 Å². The van der Waals surface area contributed by atoms with Gasteiger partial charge in [0.25, 0.3) is 0 Å². The summed E-state index contributed by atoms with van der Waals surface area (Å²) >= 11 is 0. The number of carboxylic acids is 1. The van der Waals surface area contributed by atoms with Gasteiger partial charge in [-0.05, 0) is 6.42 Å². The van der Waals surface area contributed by atoms with Crippen LogP contribution in [0.4, 0.5) is 0 Å². The number of nitrogens with one attached hydrogen (secondary N) is 1. The predicted octanol–water partition coefficient (Wildman–Crippen LogP) is -0.676. The van der Waals surface area contributed by atoms with Gasteiger partial charge in [0, 0.05) is 6.42 Å². The molecule has 1 heterocycles. The van der Waals surface area contributed by atoms with Crippen LogP contribution in [-0.4, -0.2) is 29.8 Å². The number of amides is 1. The summed E-state index contributed by atoms with van der Waals surface area (Å²) in [6.45, 7) is 0.382. The number of hydrogen-bond donors (Lipinski definition) is 2. The molecule has 2 N–H and O–H groups in total. The lowest BCUT2D eigenvalue weighted by molar-refractivity contribution is -0.165. The summed E-state index contributed by atoms with van der Waals surface area (Å²) < 4.78 is 4.90. The van der Waals surface area contributed by atoms with Crippen molar-refractivity contribution in [2.24, 2.45) is 0 Å². The van der Waals surface area contributed by atoms with Crippen LogP contribution in [0.2, 0.25) is 0 Å². The molecule has 0 aliphatic carbocycles. The average Bonchev–Trinajstić information content (AvgIpc) is 2.38. The zero-order valence-electron chi connectivity index (χ0n) is 5.87.